The number of nitrogens with zero attached hydrogens (tertiary/aromatic N) is 1. The number of aromatic nitrogens is 1. The molecule has 2 aliphatic heterocycles. The molecule has 1 amide bonds. The fourth-order valence-electron chi connectivity index (χ4n) is 3.87. The highest BCUT2D eigenvalue weighted by molar-refractivity contribution is 7.15. The Bertz CT molecular complexity index is 1030. The van der Waals surface area contributed by atoms with Crippen LogP contribution in [-0.2, 0) is 17.6 Å². The van der Waals surface area contributed by atoms with Crippen molar-refractivity contribution < 1.29 is 4.79 Å². The molecule has 1 unspecified atom stereocenters. The number of hydrogen-bond acceptors (Lipinski definition) is 5. The molecule has 130 valence electrons. The SMILES string of the molecule is Nc1ncc(C2CC(=O)Nc3cc4c(cc32)CCc2ccccc2N4)s1. The number of amides is 1. The zero-order chi connectivity index (χ0) is 17.7. The van der Waals surface area contributed by atoms with Gasteiger partial charge in [-0.15, -0.1) is 11.3 Å². The van der Waals surface area contributed by atoms with Crippen LogP contribution in [0.4, 0.5) is 22.2 Å². The Morgan fingerprint density at radius 1 is 1.04 bits per heavy atom. The topological polar surface area (TPSA) is 80.0 Å². The number of aryl methyl sites for hydroxylation is 2. The van der Waals surface area contributed by atoms with Crippen LogP contribution in [0, 0.1) is 0 Å². The highest BCUT2D eigenvalue weighted by atomic mass is 32.1. The molecule has 0 bridgehead atoms. The molecule has 0 spiro atoms. The van der Waals surface area contributed by atoms with Gasteiger partial charge in [0.2, 0.25) is 5.91 Å². The minimum Gasteiger partial charge on any atom is -0.375 e. The van der Waals surface area contributed by atoms with Gasteiger partial charge in [-0.2, -0.15) is 0 Å². The van der Waals surface area contributed by atoms with Crippen molar-refractivity contribution in [2.45, 2.75) is 25.2 Å². The van der Waals surface area contributed by atoms with Gasteiger partial charge in [0.1, 0.15) is 0 Å². The first-order valence-corrected chi connectivity index (χ1v) is 9.52. The van der Waals surface area contributed by atoms with Gasteiger partial charge in [0, 0.05) is 40.5 Å². The van der Waals surface area contributed by atoms with Gasteiger partial charge in [-0.3, -0.25) is 4.79 Å². The van der Waals surface area contributed by atoms with E-state index >= 15 is 0 Å². The van der Waals surface area contributed by atoms with E-state index in [9.17, 15) is 4.79 Å². The maximum absolute atomic E-state index is 12.3. The lowest BCUT2D eigenvalue weighted by atomic mass is 9.87. The minimum absolute atomic E-state index is 0.0180. The smallest absolute Gasteiger partial charge is 0.225 e. The number of rotatable bonds is 1. The van der Waals surface area contributed by atoms with Crippen molar-refractivity contribution in [3.8, 4) is 0 Å². The second-order valence-corrected chi connectivity index (χ2v) is 7.88. The molecule has 2 aromatic carbocycles. The number of anilines is 4. The van der Waals surface area contributed by atoms with E-state index < -0.39 is 0 Å². The summed E-state index contributed by atoms with van der Waals surface area (Å²) in [6.07, 6.45) is 4.20. The third-order valence-corrected chi connectivity index (χ3v) is 6.09. The van der Waals surface area contributed by atoms with Crippen LogP contribution < -0.4 is 16.4 Å². The Labute approximate surface area is 155 Å². The molecule has 0 radical (unpaired) electrons. The number of thiazole rings is 1. The molecule has 5 rings (SSSR count). The second kappa shape index (κ2) is 5.85. The molecule has 6 heteroatoms. The Morgan fingerprint density at radius 3 is 2.73 bits per heavy atom. The van der Waals surface area contributed by atoms with Gasteiger partial charge in [0.15, 0.2) is 5.13 Å². The summed E-state index contributed by atoms with van der Waals surface area (Å²) in [4.78, 5) is 17.5. The highest BCUT2D eigenvalue weighted by Crippen LogP contribution is 2.43. The van der Waals surface area contributed by atoms with Crippen LogP contribution >= 0.6 is 11.3 Å². The summed E-state index contributed by atoms with van der Waals surface area (Å²) < 4.78 is 0. The zero-order valence-corrected chi connectivity index (χ0v) is 14.9. The Hall–Kier alpha value is -2.86. The predicted molar refractivity (Wildman–Crippen MR) is 105 cm³/mol. The zero-order valence-electron chi connectivity index (χ0n) is 14.1. The summed E-state index contributed by atoms with van der Waals surface area (Å²) in [5.74, 6) is 0.0490. The van der Waals surface area contributed by atoms with E-state index in [1.807, 2.05) is 6.07 Å². The summed E-state index contributed by atoms with van der Waals surface area (Å²) in [7, 11) is 0. The van der Waals surface area contributed by atoms with Crippen molar-refractivity contribution in [2.24, 2.45) is 0 Å². The fraction of sp³-hybridized carbons (Fsp3) is 0.200. The average molecular weight is 362 g/mol. The molecule has 0 fully saturated rings. The minimum atomic E-state index is 0.0180. The molecule has 2 aliphatic rings. The van der Waals surface area contributed by atoms with Gasteiger partial charge >= 0.3 is 0 Å². The third kappa shape index (κ3) is 2.54. The predicted octanol–water partition coefficient (Wildman–Crippen LogP) is 4.04. The van der Waals surface area contributed by atoms with E-state index in [4.69, 9.17) is 5.73 Å². The lowest BCUT2D eigenvalue weighted by Gasteiger charge is -2.26. The first-order chi connectivity index (χ1) is 12.7. The maximum Gasteiger partial charge on any atom is 0.225 e. The molecule has 1 atom stereocenters. The van der Waals surface area contributed by atoms with Crippen LogP contribution in [0.2, 0.25) is 0 Å². The normalized spacial score (nSPS) is 18.0. The first kappa shape index (κ1) is 15.4. The molecular formula is C20H18N4OS. The molecule has 0 saturated heterocycles. The van der Waals surface area contributed by atoms with E-state index in [1.165, 1.54) is 22.5 Å². The lowest BCUT2D eigenvalue weighted by molar-refractivity contribution is -0.116. The lowest BCUT2D eigenvalue weighted by Crippen LogP contribution is -2.23. The Kier molecular flexibility index (Phi) is 3.46. The second-order valence-electron chi connectivity index (χ2n) is 6.78. The molecule has 5 nitrogen and oxygen atoms in total. The van der Waals surface area contributed by atoms with E-state index in [-0.39, 0.29) is 11.8 Å². The number of carbonyl (C=O) groups is 1. The molecule has 4 N–H and O–H groups in total. The molecule has 0 saturated carbocycles. The first-order valence-electron chi connectivity index (χ1n) is 8.70. The quantitative estimate of drug-likeness (QED) is 0.610. The largest absolute Gasteiger partial charge is 0.375 e. The standard InChI is InChI=1S/C20H18N4OS/c21-20-22-10-18(26-20)14-8-19(25)24-17-9-16-12(7-13(14)17)6-5-11-3-1-2-4-15(11)23-16/h1-4,7,9-10,14,23H,5-6,8H2,(H2,21,22)(H,24,25). The number of nitrogen functional groups attached to an aromatic ring is 1. The molecule has 3 heterocycles. The van der Waals surface area contributed by atoms with Crippen molar-refractivity contribution in [1.82, 2.24) is 4.98 Å². The van der Waals surface area contributed by atoms with Crippen LogP contribution in [0.1, 0.15) is 33.9 Å². The van der Waals surface area contributed by atoms with Gasteiger partial charge in [-0.1, -0.05) is 24.3 Å². The summed E-state index contributed by atoms with van der Waals surface area (Å²) in [6, 6.07) is 12.7. The van der Waals surface area contributed by atoms with Crippen LogP contribution in [0.25, 0.3) is 0 Å². The van der Waals surface area contributed by atoms with E-state index in [1.54, 1.807) is 6.20 Å². The Balaban J connectivity index is 1.61. The van der Waals surface area contributed by atoms with Crippen molar-refractivity contribution in [1.29, 1.82) is 0 Å². The van der Waals surface area contributed by atoms with Gasteiger partial charge in [0.25, 0.3) is 0 Å². The fourth-order valence-corrected chi connectivity index (χ4v) is 4.68. The number of para-hydroxylation sites is 1. The van der Waals surface area contributed by atoms with Gasteiger partial charge in [-0.05, 0) is 41.7 Å². The third-order valence-electron chi connectivity index (χ3n) is 5.15. The summed E-state index contributed by atoms with van der Waals surface area (Å²) >= 11 is 1.46. The van der Waals surface area contributed by atoms with Crippen LogP contribution in [0.5, 0.6) is 0 Å². The van der Waals surface area contributed by atoms with Crippen molar-refractivity contribution in [3.63, 3.8) is 0 Å². The van der Waals surface area contributed by atoms with Crippen LogP contribution in [-0.4, -0.2) is 10.9 Å². The molecule has 3 aromatic rings. The van der Waals surface area contributed by atoms with Crippen molar-refractivity contribution in [3.05, 3.63) is 64.2 Å². The maximum atomic E-state index is 12.3. The van der Waals surface area contributed by atoms with Crippen LogP contribution in [0.15, 0.2) is 42.6 Å². The summed E-state index contributed by atoms with van der Waals surface area (Å²) in [5.41, 5.74) is 12.6. The van der Waals surface area contributed by atoms with Gasteiger partial charge in [0.05, 0.1) is 0 Å². The monoisotopic (exact) mass is 362 g/mol. The number of benzene rings is 2. The molecule has 0 aliphatic carbocycles. The van der Waals surface area contributed by atoms with Crippen molar-refractivity contribution >= 4 is 39.4 Å². The van der Waals surface area contributed by atoms with Gasteiger partial charge < -0.3 is 16.4 Å². The molecule has 1 aromatic heterocycles. The van der Waals surface area contributed by atoms with E-state index in [0.29, 0.717) is 11.6 Å². The number of carbonyl (C=O) groups excluding carboxylic acids is 1. The van der Waals surface area contributed by atoms with E-state index in [0.717, 1.165) is 40.3 Å². The molecule has 26 heavy (non-hydrogen) atoms. The highest BCUT2D eigenvalue weighted by Gasteiger charge is 2.29. The number of nitrogens with two attached hydrogens (primary N) is 1. The summed E-state index contributed by atoms with van der Waals surface area (Å²) in [6.45, 7) is 0. The van der Waals surface area contributed by atoms with Crippen LogP contribution in [0.3, 0.4) is 0 Å². The van der Waals surface area contributed by atoms with Gasteiger partial charge in [-0.25, -0.2) is 4.98 Å². The number of hydrogen-bond donors (Lipinski definition) is 3. The summed E-state index contributed by atoms with van der Waals surface area (Å²) in [5, 5.41) is 7.12. The average Bonchev–Trinajstić information content (AvgIpc) is 2.98. The van der Waals surface area contributed by atoms with E-state index in [2.05, 4.69) is 45.9 Å². The Morgan fingerprint density at radius 2 is 1.88 bits per heavy atom. The number of nitrogens with one attached hydrogen (secondary N) is 2. The van der Waals surface area contributed by atoms with Crippen molar-refractivity contribution in [2.75, 3.05) is 16.4 Å². The molecular weight excluding hydrogens is 344 g/mol. The number of fused-ring (bicyclic) bond motifs is 3.